The average Bonchev–Trinajstić information content (AvgIpc) is 2.77. The van der Waals surface area contributed by atoms with Crippen LogP contribution < -0.4 is 14.2 Å². The van der Waals surface area contributed by atoms with Gasteiger partial charge in [0.25, 0.3) is 20.0 Å². The maximum absolute atomic E-state index is 13.0. The molecule has 0 bridgehead atoms. The number of alkyl halides is 3. The molecule has 4 rings (SSSR count). The number of ether oxygens (including phenoxy) is 1. The first-order valence-electron chi connectivity index (χ1n) is 9.79. The fourth-order valence-electron chi connectivity index (χ4n) is 3.24. The predicted octanol–water partition coefficient (Wildman–Crippen LogP) is 4.74. The second-order valence-corrected chi connectivity index (χ2v) is 10.4. The fraction of sp³-hybridized carbons (Fsp3) is 0.0455. The first-order valence-corrected chi connectivity index (χ1v) is 12.8. The molecule has 1 aromatic heterocycles. The van der Waals surface area contributed by atoms with Crippen LogP contribution in [0.1, 0.15) is 0 Å². The zero-order valence-electron chi connectivity index (χ0n) is 17.5. The minimum Gasteiger partial charge on any atom is -0.404 e. The highest BCUT2D eigenvalue weighted by Gasteiger charge is 2.34. The molecule has 0 radical (unpaired) electrons. The van der Waals surface area contributed by atoms with Crippen LogP contribution in [0.25, 0.3) is 10.9 Å². The lowest BCUT2D eigenvalue weighted by Crippen LogP contribution is -2.21. The van der Waals surface area contributed by atoms with Gasteiger partial charge in [-0.25, -0.2) is 16.8 Å². The minimum absolute atomic E-state index is 0.0120. The number of para-hydroxylation sites is 2. The molecule has 182 valence electrons. The number of hydrogen-bond donors (Lipinski definition) is 2. The van der Waals surface area contributed by atoms with Crippen molar-refractivity contribution in [2.45, 2.75) is 16.2 Å². The molecule has 2 N–H and O–H groups in total. The summed E-state index contributed by atoms with van der Waals surface area (Å²) in [4.78, 5) is 3.29. The van der Waals surface area contributed by atoms with E-state index in [1.807, 2.05) is 0 Å². The highest BCUT2D eigenvalue weighted by molar-refractivity contribution is 7.93. The summed E-state index contributed by atoms with van der Waals surface area (Å²) >= 11 is 0. The zero-order valence-corrected chi connectivity index (χ0v) is 19.2. The molecule has 1 heterocycles. The molecule has 0 spiro atoms. The highest BCUT2D eigenvalue weighted by Crippen LogP contribution is 2.31. The number of fused-ring (bicyclic) bond motifs is 1. The Morgan fingerprint density at radius 3 is 1.97 bits per heavy atom. The Morgan fingerprint density at radius 2 is 1.29 bits per heavy atom. The van der Waals surface area contributed by atoms with Gasteiger partial charge in [-0.1, -0.05) is 36.4 Å². The average molecular weight is 524 g/mol. The van der Waals surface area contributed by atoms with Crippen molar-refractivity contribution in [1.82, 2.24) is 4.98 Å². The maximum Gasteiger partial charge on any atom is 0.573 e. The summed E-state index contributed by atoms with van der Waals surface area (Å²) < 4.78 is 97.9. The van der Waals surface area contributed by atoms with E-state index in [9.17, 15) is 30.0 Å². The van der Waals surface area contributed by atoms with Gasteiger partial charge in [0.1, 0.15) is 15.5 Å². The van der Waals surface area contributed by atoms with Crippen LogP contribution in [0.5, 0.6) is 5.75 Å². The number of pyridine rings is 1. The molecule has 4 aromatic rings. The van der Waals surface area contributed by atoms with E-state index in [4.69, 9.17) is 0 Å². The maximum atomic E-state index is 13.0. The predicted molar refractivity (Wildman–Crippen MR) is 123 cm³/mol. The van der Waals surface area contributed by atoms with E-state index in [1.165, 1.54) is 48.7 Å². The topological polar surface area (TPSA) is 114 Å². The molecular weight excluding hydrogens is 507 g/mol. The van der Waals surface area contributed by atoms with Crippen LogP contribution in [-0.2, 0) is 20.0 Å². The molecular formula is C22H16F3N3O5S2. The van der Waals surface area contributed by atoms with E-state index >= 15 is 0 Å². The number of sulfonamides is 2. The Morgan fingerprint density at radius 1 is 0.714 bits per heavy atom. The third-order valence-electron chi connectivity index (χ3n) is 4.62. The first-order chi connectivity index (χ1) is 16.4. The molecule has 0 saturated heterocycles. The lowest BCUT2D eigenvalue weighted by Gasteiger charge is -2.15. The number of rotatable bonds is 7. The Kier molecular flexibility index (Phi) is 6.30. The Hall–Kier alpha value is -3.84. The molecule has 0 saturated carbocycles. The van der Waals surface area contributed by atoms with Crippen molar-refractivity contribution < 1.29 is 34.7 Å². The summed E-state index contributed by atoms with van der Waals surface area (Å²) in [5.41, 5.74) is 0.168. The van der Waals surface area contributed by atoms with Crippen LogP contribution >= 0.6 is 0 Å². The molecule has 0 fully saturated rings. The summed E-state index contributed by atoms with van der Waals surface area (Å²) in [6, 6.07) is 17.5. The second kappa shape index (κ2) is 9.07. The summed E-state index contributed by atoms with van der Waals surface area (Å²) in [5, 5.41) is 0.608. The van der Waals surface area contributed by atoms with E-state index in [2.05, 4.69) is 19.2 Å². The van der Waals surface area contributed by atoms with Gasteiger partial charge >= 0.3 is 6.36 Å². The molecule has 35 heavy (non-hydrogen) atoms. The number of aromatic nitrogens is 1. The zero-order chi connectivity index (χ0) is 25.3. The second-order valence-electron chi connectivity index (χ2n) is 7.12. The molecule has 0 aliphatic rings. The van der Waals surface area contributed by atoms with E-state index in [0.717, 1.165) is 12.1 Å². The minimum atomic E-state index is -5.10. The Labute approximate surface area is 198 Å². The highest BCUT2D eigenvalue weighted by atomic mass is 32.2. The van der Waals surface area contributed by atoms with Crippen molar-refractivity contribution in [2.75, 3.05) is 9.44 Å². The molecule has 0 unspecified atom stereocenters. The molecule has 8 nitrogen and oxygen atoms in total. The number of nitrogens with zero attached hydrogens (tertiary/aromatic N) is 1. The summed E-state index contributed by atoms with van der Waals surface area (Å²) in [7, 11) is -8.63. The molecule has 0 atom stereocenters. The fourth-order valence-corrected chi connectivity index (χ4v) is 5.65. The van der Waals surface area contributed by atoms with Gasteiger partial charge in [0.05, 0.1) is 16.9 Å². The van der Waals surface area contributed by atoms with Crippen molar-refractivity contribution in [2.24, 2.45) is 0 Å². The van der Waals surface area contributed by atoms with Gasteiger partial charge in [0.2, 0.25) is 0 Å². The summed E-state index contributed by atoms with van der Waals surface area (Å²) in [6.45, 7) is 0. The molecule has 0 amide bonds. The van der Waals surface area contributed by atoms with Gasteiger partial charge in [-0.2, -0.15) is 0 Å². The molecule has 13 heteroatoms. The number of anilines is 2. The summed E-state index contributed by atoms with van der Waals surface area (Å²) in [5.74, 6) is -0.909. The number of nitrogens with one attached hydrogen (secondary N) is 2. The van der Waals surface area contributed by atoms with Gasteiger partial charge in [-0.05, 0) is 42.5 Å². The molecule has 0 aliphatic carbocycles. The van der Waals surface area contributed by atoms with Gasteiger partial charge in [0.15, 0.2) is 0 Å². The SMILES string of the molecule is O=S(=O)(Nc1cccc(NS(=O)(=O)c2cccc3cccnc23)c1)c1ccccc1OC(F)(F)F. The lowest BCUT2D eigenvalue weighted by atomic mass is 10.2. The van der Waals surface area contributed by atoms with Crippen LogP contribution in [0.3, 0.4) is 0 Å². The standard InChI is InChI=1S/C22H16F3N3O5S2/c23-22(24,25)33-18-10-1-2-11-19(18)34(29,30)27-16-8-4-9-17(14-16)28-35(31,32)20-12-3-6-15-7-5-13-26-21(15)20/h1-14,27-28H. The largest absolute Gasteiger partial charge is 0.573 e. The number of halogens is 3. The first kappa shape index (κ1) is 24.3. The van der Waals surface area contributed by atoms with E-state index in [-0.39, 0.29) is 21.8 Å². The van der Waals surface area contributed by atoms with Crippen molar-refractivity contribution in [1.29, 1.82) is 0 Å². The van der Waals surface area contributed by atoms with Gasteiger partial charge in [0, 0.05) is 11.6 Å². The number of benzene rings is 3. The van der Waals surface area contributed by atoms with Crippen LogP contribution in [0.2, 0.25) is 0 Å². The molecule has 3 aromatic carbocycles. The molecule has 0 aliphatic heterocycles. The normalized spacial score (nSPS) is 12.3. The van der Waals surface area contributed by atoms with Crippen LogP contribution in [0.4, 0.5) is 24.5 Å². The Balaban J connectivity index is 1.62. The lowest BCUT2D eigenvalue weighted by molar-refractivity contribution is -0.275. The van der Waals surface area contributed by atoms with Gasteiger partial charge in [-0.15, -0.1) is 13.2 Å². The monoisotopic (exact) mass is 523 g/mol. The smallest absolute Gasteiger partial charge is 0.404 e. The van der Waals surface area contributed by atoms with Crippen LogP contribution in [-0.4, -0.2) is 28.2 Å². The number of hydrogen-bond acceptors (Lipinski definition) is 6. The third kappa shape index (κ3) is 5.63. The van der Waals surface area contributed by atoms with Crippen molar-refractivity contribution in [3.63, 3.8) is 0 Å². The van der Waals surface area contributed by atoms with Gasteiger partial charge in [-0.3, -0.25) is 14.4 Å². The Bertz CT molecular complexity index is 1600. The van der Waals surface area contributed by atoms with E-state index in [1.54, 1.807) is 24.3 Å². The van der Waals surface area contributed by atoms with Gasteiger partial charge < -0.3 is 4.74 Å². The van der Waals surface area contributed by atoms with Crippen molar-refractivity contribution >= 4 is 42.3 Å². The summed E-state index contributed by atoms with van der Waals surface area (Å²) in [6.07, 6.45) is -3.64. The van der Waals surface area contributed by atoms with Crippen molar-refractivity contribution in [3.05, 3.63) is 85.1 Å². The third-order valence-corrected chi connectivity index (χ3v) is 7.45. The van der Waals surface area contributed by atoms with E-state index < -0.39 is 37.1 Å². The van der Waals surface area contributed by atoms with Crippen LogP contribution in [0.15, 0.2) is 94.9 Å². The van der Waals surface area contributed by atoms with Crippen LogP contribution in [0, 0.1) is 0 Å². The quantitative estimate of drug-likeness (QED) is 0.362. The van der Waals surface area contributed by atoms with E-state index in [0.29, 0.717) is 5.39 Å². The van der Waals surface area contributed by atoms with Crippen molar-refractivity contribution in [3.8, 4) is 5.75 Å².